The van der Waals surface area contributed by atoms with Crippen LogP contribution in [-0.4, -0.2) is 20.1 Å². The molecule has 0 amide bonds. The van der Waals surface area contributed by atoms with E-state index in [0.717, 1.165) is 44.8 Å². The van der Waals surface area contributed by atoms with Gasteiger partial charge in [-0.15, -0.1) is 0 Å². The van der Waals surface area contributed by atoms with Crippen LogP contribution in [0.1, 0.15) is 49.9 Å². The summed E-state index contributed by atoms with van der Waals surface area (Å²) in [6.07, 6.45) is 3.49. The van der Waals surface area contributed by atoms with Crippen molar-refractivity contribution in [2.75, 3.05) is 0 Å². The van der Waals surface area contributed by atoms with Crippen LogP contribution in [0.3, 0.4) is 0 Å². The van der Waals surface area contributed by atoms with Gasteiger partial charge >= 0.3 is 10.1 Å². The molecule has 2 aliphatic rings. The van der Waals surface area contributed by atoms with Crippen molar-refractivity contribution in [3.8, 4) is 34.0 Å². The normalized spacial score (nSPS) is 15.2. The molecule has 0 bridgehead atoms. The fraction of sp³-hybridized carbons (Fsp3) is 0.214. The van der Waals surface area contributed by atoms with E-state index in [-0.39, 0.29) is 32.5 Å². The maximum Gasteiger partial charge on any atom is 2.00 e. The standard InChI is InChI=1S/2C14H13NO.Be/c2*1-14(2)9-5-3-7-11(16)12(9)13-10(14)6-4-8-15-13;/h2*3-8,16H,1-2H3;/q;;+2/p-2. The molecule has 4 aromatic rings. The first-order valence-corrected chi connectivity index (χ1v) is 10.8. The van der Waals surface area contributed by atoms with Gasteiger partial charge in [0.1, 0.15) is 0 Å². The van der Waals surface area contributed by atoms with E-state index in [9.17, 15) is 10.2 Å². The van der Waals surface area contributed by atoms with Gasteiger partial charge in [-0.3, -0.25) is 9.97 Å². The van der Waals surface area contributed by atoms with Gasteiger partial charge in [0, 0.05) is 23.2 Å². The van der Waals surface area contributed by atoms with E-state index < -0.39 is 0 Å². The van der Waals surface area contributed by atoms with E-state index in [1.54, 1.807) is 24.5 Å². The van der Waals surface area contributed by atoms with E-state index in [0.29, 0.717) is 0 Å². The number of hydrogen-bond acceptors (Lipinski definition) is 4. The summed E-state index contributed by atoms with van der Waals surface area (Å²) < 4.78 is 0. The van der Waals surface area contributed by atoms with Crippen LogP contribution in [0.4, 0.5) is 0 Å². The second kappa shape index (κ2) is 7.82. The molecule has 2 aromatic heterocycles. The molecule has 5 heteroatoms. The number of nitrogens with zero attached hydrogens (tertiary/aromatic N) is 2. The third-order valence-electron chi connectivity index (χ3n) is 6.83. The van der Waals surface area contributed by atoms with Gasteiger partial charge in [-0.25, -0.2) is 0 Å². The van der Waals surface area contributed by atoms with Gasteiger partial charge in [0.25, 0.3) is 0 Å². The third-order valence-corrected chi connectivity index (χ3v) is 6.83. The van der Waals surface area contributed by atoms with Gasteiger partial charge in [0.15, 0.2) is 0 Å². The summed E-state index contributed by atoms with van der Waals surface area (Å²) in [5.41, 5.74) is 7.52. The Kier molecular flexibility index (Phi) is 5.38. The maximum atomic E-state index is 11.9. The summed E-state index contributed by atoms with van der Waals surface area (Å²) in [5, 5.41) is 23.8. The van der Waals surface area contributed by atoms with Crippen molar-refractivity contribution in [3.63, 3.8) is 0 Å². The maximum absolute atomic E-state index is 11.9. The van der Waals surface area contributed by atoms with Gasteiger partial charge in [-0.1, -0.05) is 87.7 Å². The van der Waals surface area contributed by atoms with Gasteiger partial charge in [0.2, 0.25) is 0 Å². The van der Waals surface area contributed by atoms with Crippen molar-refractivity contribution in [3.05, 3.63) is 95.3 Å². The molecule has 0 atom stereocenters. The molecule has 0 saturated carbocycles. The van der Waals surface area contributed by atoms with E-state index >= 15 is 0 Å². The van der Waals surface area contributed by atoms with Crippen LogP contribution in [0.5, 0.6) is 11.5 Å². The molecule has 2 heterocycles. The van der Waals surface area contributed by atoms with E-state index in [2.05, 4.69) is 49.8 Å². The molecule has 2 aliphatic carbocycles. The summed E-state index contributed by atoms with van der Waals surface area (Å²) >= 11 is 0. The average Bonchev–Trinajstić information content (AvgIpc) is 3.16. The first-order valence-electron chi connectivity index (χ1n) is 10.8. The second-order valence-electron chi connectivity index (χ2n) is 9.41. The minimum absolute atomic E-state index is 0. The average molecular weight is 430 g/mol. The second-order valence-corrected chi connectivity index (χ2v) is 9.41. The zero-order valence-electron chi connectivity index (χ0n) is 19.3. The minimum Gasteiger partial charge on any atom is -0.872 e. The van der Waals surface area contributed by atoms with E-state index in [1.165, 1.54) is 0 Å². The van der Waals surface area contributed by atoms with Crippen LogP contribution in [0, 0.1) is 0 Å². The predicted octanol–water partition coefficient (Wildman–Crippen LogP) is 4.54. The van der Waals surface area contributed by atoms with E-state index in [4.69, 9.17) is 0 Å². The SMILES string of the molecule is CC1(C)c2cccnc2-c2c([O-])cccc21.CC1(C)c2cccnc2-c2c([O-])cccc21.[Be+2]. The molecule has 0 saturated heterocycles. The van der Waals surface area contributed by atoms with Crippen LogP contribution in [0.25, 0.3) is 22.5 Å². The summed E-state index contributed by atoms with van der Waals surface area (Å²) in [4.78, 5) is 8.71. The zero-order chi connectivity index (χ0) is 22.7. The topological polar surface area (TPSA) is 71.9 Å². The Morgan fingerprint density at radius 3 is 1.30 bits per heavy atom. The number of rotatable bonds is 0. The Balaban J connectivity index is 0.000000152. The van der Waals surface area contributed by atoms with Crippen molar-refractivity contribution >= 4 is 10.1 Å². The van der Waals surface area contributed by atoms with Crippen LogP contribution in [0.2, 0.25) is 0 Å². The molecule has 0 radical (unpaired) electrons. The van der Waals surface area contributed by atoms with Gasteiger partial charge in [-0.2, -0.15) is 0 Å². The fourth-order valence-corrected chi connectivity index (χ4v) is 5.10. The molecular weight excluding hydrogens is 405 g/mol. The Hall–Kier alpha value is -3.49. The van der Waals surface area contributed by atoms with Crippen LogP contribution >= 0.6 is 0 Å². The van der Waals surface area contributed by atoms with E-state index in [1.807, 2.05) is 36.4 Å². The Morgan fingerprint density at radius 1 is 0.545 bits per heavy atom. The van der Waals surface area contributed by atoms with Crippen LogP contribution < -0.4 is 10.2 Å². The number of benzene rings is 2. The van der Waals surface area contributed by atoms with Crippen molar-refractivity contribution < 1.29 is 10.2 Å². The number of pyridine rings is 2. The van der Waals surface area contributed by atoms with Gasteiger partial charge < -0.3 is 10.2 Å². The smallest absolute Gasteiger partial charge is 0.872 e. The first kappa shape index (κ1) is 22.7. The molecule has 0 aliphatic heterocycles. The number of aromatic nitrogens is 2. The summed E-state index contributed by atoms with van der Waals surface area (Å²) in [6, 6.07) is 18.9. The predicted molar refractivity (Wildman–Crippen MR) is 128 cm³/mol. The number of fused-ring (bicyclic) bond motifs is 6. The molecular formula is C28H24BeN2O2. The summed E-state index contributed by atoms with van der Waals surface area (Å²) in [5.74, 6) is 0.144. The quantitative estimate of drug-likeness (QED) is 0.385. The first-order chi connectivity index (χ1) is 15.2. The Morgan fingerprint density at radius 2 is 0.909 bits per heavy atom. The molecule has 0 N–H and O–H groups in total. The molecule has 6 rings (SSSR count). The molecule has 0 unspecified atom stereocenters. The molecule has 2 aromatic carbocycles. The van der Waals surface area contributed by atoms with Crippen molar-refractivity contribution in [2.45, 2.75) is 38.5 Å². The third kappa shape index (κ3) is 3.25. The minimum atomic E-state index is -0.112. The molecule has 0 fully saturated rings. The fourth-order valence-electron chi connectivity index (χ4n) is 5.10. The monoisotopic (exact) mass is 429 g/mol. The zero-order valence-corrected chi connectivity index (χ0v) is 19.3. The Bertz CT molecular complexity index is 1260. The van der Waals surface area contributed by atoms with Crippen LogP contribution in [0.15, 0.2) is 73.1 Å². The van der Waals surface area contributed by atoms with Crippen LogP contribution in [-0.2, 0) is 10.8 Å². The van der Waals surface area contributed by atoms with Crippen molar-refractivity contribution in [1.82, 2.24) is 9.97 Å². The van der Waals surface area contributed by atoms with Crippen molar-refractivity contribution in [2.24, 2.45) is 0 Å². The summed E-state index contributed by atoms with van der Waals surface area (Å²) in [6.45, 7) is 8.55. The summed E-state index contributed by atoms with van der Waals surface area (Å²) in [7, 11) is 0. The molecule has 33 heavy (non-hydrogen) atoms. The number of hydrogen-bond donors (Lipinski definition) is 0. The van der Waals surface area contributed by atoms with Gasteiger partial charge in [-0.05, 0) is 45.5 Å². The van der Waals surface area contributed by atoms with Gasteiger partial charge in [0.05, 0.1) is 11.4 Å². The molecule has 4 nitrogen and oxygen atoms in total. The molecule has 160 valence electrons. The largest absolute Gasteiger partial charge is 2.00 e. The molecule has 0 spiro atoms. The Labute approximate surface area is 198 Å². The van der Waals surface area contributed by atoms with Crippen molar-refractivity contribution in [1.29, 1.82) is 0 Å².